The van der Waals surface area contributed by atoms with E-state index in [1.54, 1.807) is 7.05 Å². The van der Waals surface area contributed by atoms with Gasteiger partial charge in [0.05, 0.1) is 19.3 Å². The maximum atomic E-state index is 13.0. The Hall–Kier alpha value is -1.05. The minimum atomic E-state index is -4.20. The van der Waals surface area contributed by atoms with Crippen LogP contribution in [0.1, 0.15) is 24.5 Å². The number of piperazine rings is 1. The van der Waals surface area contributed by atoms with Crippen molar-refractivity contribution < 1.29 is 22.3 Å². The Labute approximate surface area is 199 Å². The lowest BCUT2D eigenvalue weighted by molar-refractivity contribution is -0.181. The van der Waals surface area contributed by atoms with Gasteiger partial charge in [0.1, 0.15) is 17.6 Å². The van der Waals surface area contributed by atoms with E-state index < -0.39 is 12.2 Å². The first-order valence-corrected chi connectivity index (χ1v) is 10.4. The van der Waals surface area contributed by atoms with E-state index in [1.807, 2.05) is 24.0 Å². The predicted octanol–water partition coefficient (Wildman–Crippen LogP) is 2.72. The molecule has 0 amide bonds. The van der Waals surface area contributed by atoms with Gasteiger partial charge in [-0.25, -0.2) is 0 Å². The summed E-state index contributed by atoms with van der Waals surface area (Å²) >= 11 is 0. The van der Waals surface area contributed by atoms with E-state index >= 15 is 0 Å². The maximum absolute atomic E-state index is 13.0. The third-order valence-electron chi connectivity index (χ3n) is 5.88. The van der Waals surface area contributed by atoms with E-state index in [9.17, 15) is 13.2 Å². The molecular formula is C20H33F3IN5O2. The molecule has 0 spiro atoms. The smallest absolute Gasteiger partial charge is 0.403 e. The minimum absolute atomic E-state index is 0. The Morgan fingerprint density at radius 2 is 1.74 bits per heavy atom. The number of ether oxygens (including phenoxy) is 1. The zero-order valence-corrected chi connectivity index (χ0v) is 20.7. The first-order valence-electron chi connectivity index (χ1n) is 10.4. The summed E-state index contributed by atoms with van der Waals surface area (Å²) in [5.41, 5.74) is 0. The van der Waals surface area contributed by atoms with Gasteiger partial charge in [-0.05, 0) is 26.0 Å². The lowest BCUT2D eigenvalue weighted by Gasteiger charge is -2.40. The van der Waals surface area contributed by atoms with Crippen LogP contribution in [0.5, 0.6) is 0 Å². The van der Waals surface area contributed by atoms with Crippen molar-refractivity contribution in [1.82, 2.24) is 20.0 Å². The van der Waals surface area contributed by atoms with E-state index in [4.69, 9.17) is 9.15 Å². The Morgan fingerprint density at radius 1 is 1.10 bits per heavy atom. The second kappa shape index (κ2) is 11.7. The number of aliphatic imine (C=N–C) groups is 1. The van der Waals surface area contributed by atoms with Crippen LogP contribution in [0.2, 0.25) is 0 Å². The number of morpholine rings is 1. The third kappa shape index (κ3) is 6.96. The summed E-state index contributed by atoms with van der Waals surface area (Å²) < 4.78 is 50.3. The molecule has 2 fully saturated rings. The van der Waals surface area contributed by atoms with E-state index in [0.29, 0.717) is 51.9 Å². The van der Waals surface area contributed by atoms with Crippen molar-refractivity contribution in [2.45, 2.75) is 32.1 Å². The highest BCUT2D eigenvalue weighted by Gasteiger charge is 2.41. The molecule has 31 heavy (non-hydrogen) atoms. The molecule has 11 heteroatoms. The van der Waals surface area contributed by atoms with Crippen LogP contribution in [-0.2, 0) is 4.74 Å². The number of nitrogens with one attached hydrogen (secondary N) is 1. The van der Waals surface area contributed by atoms with Crippen molar-refractivity contribution in [3.63, 3.8) is 0 Å². The fourth-order valence-corrected chi connectivity index (χ4v) is 3.98. The van der Waals surface area contributed by atoms with Crippen LogP contribution in [-0.4, -0.2) is 99.0 Å². The molecule has 2 unspecified atom stereocenters. The van der Waals surface area contributed by atoms with E-state index in [2.05, 4.69) is 15.2 Å². The summed E-state index contributed by atoms with van der Waals surface area (Å²) in [6, 6.07) is 2.56. The molecule has 3 heterocycles. The molecule has 0 aliphatic carbocycles. The van der Waals surface area contributed by atoms with Gasteiger partial charge in [-0.3, -0.25) is 14.8 Å². The van der Waals surface area contributed by atoms with Gasteiger partial charge in [0.2, 0.25) is 0 Å². The highest BCUT2D eigenvalue weighted by atomic mass is 127. The number of halogens is 4. The fourth-order valence-electron chi connectivity index (χ4n) is 3.98. The number of nitrogens with zero attached hydrogens (tertiary/aromatic N) is 4. The molecule has 1 N–H and O–H groups in total. The van der Waals surface area contributed by atoms with E-state index in [-0.39, 0.29) is 30.0 Å². The van der Waals surface area contributed by atoms with Gasteiger partial charge in [0.15, 0.2) is 5.96 Å². The fraction of sp³-hybridized carbons (Fsp3) is 0.750. The second-order valence-corrected chi connectivity index (χ2v) is 7.78. The molecule has 1 aromatic heterocycles. The monoisotopic (exact) mass is 559 g/mol. The molecule has 0 radical (unpaired) electrons. The van der Waals surface area contributed by atoms with Crippen molar-refractivity contribution in [3.05, 3.63) is 23.7 Å². The molecule has 0 bridgehead atoms. The Morgan fingerprint density at radius 3 is 2.26 bits per heavy atom. The molecule has 2 aliphatic heterocycles. The molecule has 2 atom stereocenters. The molecule has 3 rings (SSSR count). The van der Waals surface area contributed by atoms with Crippen LogP contribution in [0.25, 0.3) is 0 Å². The van der Waals surface area contributed by atoms with Crippen molar-refractivity contribution >= 4 is 29.9 Å². The summed E-state index contributed by atoms with van der Waals surface area (Å²) in [5.74, 6) is 2.46. The van der Waals surface area contributed by atoms with Gasteiger partial charge in [-0.15, -0.1) is 24.0 Å². The number of alkyl halides is 3. The van der Waals surface area contributed by atoms with Crippen molar-refractivity contribution in [1.29, 1.82) is 0 Å². The molecular weight excluding hydrogens is 526 g/mol. The van der Waals surface area contributed by atoms with Crippen LogP contribution >= 0.6 is 24.0 Å². The van der Waals surface area contributed by atoms with Crippen LogP contribution in [0.3, 0.4) is 0 Å². The SMILES string of the molecule is CN=C(NCC(c1ccc(C)o1)N1CCOCC1)N1CCN(C(C)C(F)(F)F)CC1.I. The molecule has 0 aromatic carbocycles. The maximum Gasteiger partial charge on any atom is 0.403 e. The van der Waals surface area contributed by atoms with Gasteiger partial charge < -0.3 is 19.4 Å². The number of aryl methyl sites for hydroxylation is 1. The number of hydrogen-bond acceptors (Lipinski definition) is 5. The lowest BCUT2D eigenvalue weighted by atomic mass is 10.1. The first-order chi connectivity index (χ1) is 14.3. The minimum Gasteiger partial charge on any atom is -0.465 e. The average Bonchev–Trinajstić information content (AvgIpc) is 3.17. The van der Waals surface area contributed by atoms with Crippen LogP contribution in [0, 0.1) is 6.92 Å². The van der Waals surface area contributed by atoms with Gasteiger partial charge in [-0.1, -0.05) is 0 Å². The van der Waals surface area contributed by atoms with Crippen LogP contribution < -0.4 is 5.32 Å². The number of guanidine groups is 1. The standard InChI is InChI=1S/C20H32F3N5O2.HI/c1-15-4-5-18(30-15)17(27-10-12-29-13-11-27)14-25-19(24-3)28-8-6-26(7-9-28)16(2)20(21,22)23;/h4-5,16-17H,6-14H2,1-3H3,(H,24,25);1H. The molecule has 2 saturated heterocycles. The number of hydrogen-bond donors (Lipinski definition) is 1. The zero-order valence-electron chi connectivity index (χ0n) is 18.3. The van der Waals surface area contributed by atoms with Gasteiger partial charge in [0, 0.05) is 52.9 Å². The van der Waals surface area contributed by atoms with E-state index in [1.165, 1.54) is 11.8 Å². The normalized spacial score (nSPS) is 21.5. The molecule has 1 aromatic rings. The molecule has 178 valence electrons. The lowest BCUT2D eigenvalue weighted by Crippen LogP contribution is -2.57. The summed E-state index contributed by atoms with van der Waals surface area (Å²) in [7, 11) is 1.70. The van der Waals surface area contributed by atoms with Gasteiger partial charge >= 0.3 is 6.18 Å². The first kappa shape index (κ1) is 26.2. The number of rotatable bonds is 5. The Balaban J connectivity index is 0.00000341. The summed E-state index contributed by atoms with van der Waals surface area (Å²) in [6.45, 7) is 8.46. The average molecular weight is 559 g/mol. The van der Waals surface area contributed by atoms with E-state index in [0.717, 1.165) is 24.6 Å². The van der Waals surface area contributed by atoms with Crippen molar-refractivity contribution in [2.75, 3.05) is 66.1 Å². The van der Waals surface area contributed by atoms with Crippen LogP contribution in [0.4, 0.5) is 13.2 Å². The van der Waals surface area contributed by atoms with Crippen LogP contribution in [0.15, 0.2) is 21.5 Å². The largest absolute Gasteiger partial charge is 0.465 e. The summed E-state index contributed by atoms with van der Waals surface area (Å²) in [4.78, 5) is 10.2. The topological polar surface area (TPSA) is 56.5 Å². The van der Waals surface area contributed by atoms with Gasteiger partial charge in [0.25, 0.3) is 0 Å². The molecule has 7 nitrogen and oxygen atoms in total. The predicted molar refractivity (Wildman–Crippen MR) is 124 cm³/mol. The quantitative estimate of drug-likeness (QED) is 0.341. The zero-order chi connectivity index (χ0) is 21.7. The van der Waals surface area contributed by atoms with Crippen molar-refractivity contribution in [2.24, 2.45) is 4.99 Å². The highest BCUT2D eigenvalue weighted by Crippen LogP contribution is 2.26. The second-order valence-electron chi connectivity index (χ2n) is 7.78. The van der Waals surface area contributed by atoms with Gasteiger partial charge in [-0.2, -0.15) is 13.2 Å². The molecule has 2 aliphatic rings. The number of furan rings is 1. The molecule has 0 saturated carbocycles. The summed E-state index contributed by atoms with van der Waals surface area (Å²) in [5, 5.41) is 3.41. The van der Waals surface area contributed by atoms with Crippen molar-refractivity contribution in [3.8, 4) is 0 Å². The Bertz CT molecular complexity index is 701. The Kier molecular flexibility index (Phi) is 9.90. The third-order valence-corrected chi connectivity index (χ3v) is 5.88. The summed E-state index contributed by atoms with van der Waals surface area (Å²) in [6.07, 6.45) is -4.20. The highest BCUT2D eigenvalue weighted by molar-refractivity contribution is 14.0.